The zero-order chi connectivity index (χ0) is 15.1. The smallest absolute Gasteiger partial charge is 0.130 e. The normalized spacial score (nSPS) is 16.8. The quantitative estimate of drug-likeness (QED) is 0.598. The molecule has 1 aromatic rings. The monoisotopic (exact) mass is 330 g/mol. The molecule has 0 aromatic heterocycles. The Morgan fingerprint density at radius 1 is 1.18 bits per heavy atom. The van der Waals surface area contributed by atoms with Gasteiger partial charge in [-0.2, -0.15) is 0 Å². The standard InChI is InChI=1S/C17H24F2N2.ClH/c1-2-3-4-5-9-16(21-12-10-20-11-13-21)17-14(18)7-6-8-15(17)19;/h2,6-8,16,20H,1,3-5,9-13H2;1H/t16-;/m1./s1. The molecular formula is C17H25ClF2N2. The molecule has 0 aliphatic carbocycles. The van der Waals surface area contributed by atoms with Crippen molar-refractivity contribution < 1.29 is 8.78 Å². The predicted octanol–water partition coefficient (Wildman–Crippen LogP) is 4.08. The van der Waals surface area contributed by atoms with Crippen LogP contribution in [0.2, 0.25) is 0 Å². The van der Waals surface area contributed by atoms with E-state index in [0.29, 0.717) is 0 Å². The van der Waals surface area contributed by atoms with Crippen LogP contribution in [0.1, 0.15) is 37.3 Å². The molecule has 1 heterocycles. The zero-order valence-electron chi connectivity index (χ0n) is 12.9. The van der Waals surface area contributed by atoms with Crippen molar-refractivity contribution in [1.29, 1.82) is 0 Å². The van der Waals surface area contributed by atoms with Crippen LogP contribution in [-0.4, -0.2) is 31.1 Å². The van der Waals surface area contributed by atoms with E-state index in [1.165, 1.54) is 18.2 Å². The number of benzene rings is 1. The minimum Gasteiger partial charge on any atom is -0.314 e. The van der Waals surface area contributed by atoms with Gasteiger partial charge < -0.3 is 5.32 Å². The molecule has 1 aromatic carbocycles. The van der Waals surface area contributed by atoms with E-state index < -0.39 is 11.6 Å². The number of halogens is 3. The van der Waals surface area contributed by atoms with E-state index in [9.17, 15) is 8.78 Å². The molecule has 0 radical (unpaired) electrons. The third-order valence-corrected chi connectivity index (χ3v) is 4.06. The second-order valence-corrected chi connectivity index (χ2v) is 5.51. The van der Waals surface area contributed by atoms with Gasteiger partial charge in [0.2, 0.25) is 0 Å². The predicted molar refractivity (Wildman–Crippen MR) is 89.5 cm³/mol. The van der Waals surface area contributed by atoms with Gasteiger partial charge in [0.1, 0.15) is 11.6 Å². The molecule has 0 bridgehead atoms. The van der Waals surface area contributed by atoms with Crippen molar-refractivity contribution in [3.63, 3.8) is 0 Å². The van der Waals surface area contributed by atoms with Gasteiger partial charge in [-0.3, -0.25) is 4.90 Å². The lowest BCUT2D eigenvalue weighted by Gasteiger charge is -2.35. The first-order valence-electron chi connectivity index (χ1n) is 7.73. The number of hydrogen-bond donors (Lipinski definition) is 1. The number of nitrogens with one attached hydrogen (secondary N) is 1. The summed E-state index contributed by atoms with van der Waals surface area (Å²) in [5.74, 6) is -0.857. The molecule has 22 heavy (non-hydrogen) atoms. The summed E-state index contributed by atoms with van der Waals surface area (Å²) in [6, 6.07) is 3.98. The Labute approximate surface area is 138 Å². The molecule has 2 rings (SSSR count). The Morgan fingerprint density at radius 3 is 2.41 bits per heavy atom. The number of rotatable bonds is 7. The molecule has 1 aliphatic rings. The molecular weight excluding hydrogens is 306 g/mol. The highest BCUT2D eigenvalue weighted by Gasteiger charge is 2.26. The van der Waals surface area contributed by atoms with Gasteiger partial charge in [0.25, 0.3) is 0 Å². The summed E-state index contributed by atoms with van der Waals surface area (Å²) in [5.41, 5.74) is 0.234. The molecule has 0 spiro atoms. The van der Waals surface area contributed by atoms with E-state index in [2.05, 4.69) is 16.8 Å². The SMILES string of the molecule is C=CCCCC[C@H](c1c(F)cccc1F)N1CCNCC1.Cl. The Bertz CT molecular complexity index is 442. The van der Waals surface area contributed by atoms with Crippen LogP contribution in [0.3, 0.4) is 0 Å². The van der Waals surface area contributed by atoms with Crippen LogP contribution in [0.25, 0.3) is 0 Å². The summed E-state index contributed by atoms with van der Waals surface area (Å²) in [4.78, 5) is 2.20. The maximum Gasteiger partial charge on any atom is 0.130 e. The molecule has 2 nitrogen and oxygen atoms in total. The van der Waals surface area contributed by atoms with Crippen LogP contribution in [-0.2, 0) is 0 Å². The largest absolute Gasteiger partial charge is 0.314 e. The van der Waals surface area contributed by atoms with Crippen molar-refractivity contribution in [3.05, 3.63) is 48.1 Å². The van der Waals surface area contributed by atoms with Crippen LogP contribution in [0.4, 0.5) is 8.78 Å². The molecule has 0 saturated carbocycles. The summed E-state index contributed by atoms with van der Waals surface area (Å²) in [7, 11) is 0. The van der Waals surface area contributed by atoms with Gasteiger partial charge >= 0.3 is 0 Å². The first-order valence-corrected chi connectivity index (χ1v) is 7.73. The fraction of sp³-hybridized carbons (Fsp3) is 0.529. The van der Waals surface area contributed by atoms with E-state index in [1.54, 1.807) is 0 Å². The maximum atomic E-state index is 14.1. The van der Waals surface area contributed by atoms with Gasteiger partial charge in [-0.1, -0.05) is 18.6 Å². The van der Waals surface area contributed by atoms with Gasteiger partial charge in [-0.15, -0.1) is 19.0 Å². The third-order valence-electron chi connectivity index (χ3n) is 4.06. The average molecular weight is 331 g/mol. The first-order chi connectivity index (χ1) is 10.2. The summed E-state index contributed by atoms with van der Waals surface area (Å²) in [6.07, 6.45) is 5.60. The highest BCUT2D eigenvalue weighted by atomic mass is 35.5. The van der Waals surface area contributed by atoms with Gasteiger partial charge in [-0.05, 0) is 31.4 Å². The lowest BCUT2D eigenvalue weighted by molar-refractivity contribution is 0.156. The van der Waals surface area contributed by atoms with Crippen molar-refractivity contribution in [2.24, 2.45) is 0 Å². The number of piperazine rings is 1. The van der Waals surface area contributed by atoms with E-state index in [0.717, 1.165) is 51.9 Å². The Kier molecular flexibility index (Phi) is 8.61. The van der Waals surface area contributed by atoms with Crippen LogP contribution < -0.4 is 5.32 Å². The number of allylic oxidation sites excluding steroid dienone is 1. The molecule has 1 aliphatic heterocycles. The molecule has 0 amide bonds. The Balaban J connectivity index is 0.00000242. The average Bonchev–Trinajstić information content (AvgIpc) is 2.50. The van der Waals surface area contributed by atoms with Crippen molar-refractivity contribution in [1.82, 2.24) is 10.2 Å². The fourth-order valence-electron chi connectivity index (χ4n) is 2.96. The maximum absolute atomic E-state index is 14.1. The van der Waals surface area contributed by atoms with Gasteiger partial charge in [0, 0.05) is 37.8 Å². The van der Waals surface area contributed by atoms with Gasteiger partial charge in [0.15, 0.2) is 0 Å². The molecule has 1 fully saturated rings. The minimum atomic E-state index is -0.428. The lowest BCUT2D eigenvalue weighted by atomic mass is 9.97. The van der Waals surface area contributed by atoms with E-state index in [-0.39, 0.29) is 24.0 Å². The molecule has 0 unspecified atom stereocenters. The number of nitrogens with zero attached hydrogens (tertiary/aromatic N) is 1. The van der Waals surface area contributed by atoms with Crippen LogP contribution in [0, 0.1) is 11.6 Å². The molecule has 124 valence electrons. The highest BCUT2D eigenvalue weighted by Crippen LogP contribution is 2.31. The van der Waals surface area contributed by atoms with E-state index >= 15 is 0 Å². The first kappa shape index (κ1) is 19.1. The molecule has 5 heteroatoms. The second kappa shape index (κ2) is 9.93. The summed E-state index contributed by atoms with van der Waals surface area (Å²) in [5, 5.41) is 3.28. The fourth-order valence-corrected chi connectivity index (χ4v) is 2.96. The van der Waals surface area contributed by atoms with Crippen molar-refractivity contribution in [2.45, 2.75) is 31.7 Å². The molecule has 1 N–H and O–H groups in total. The Morgan fingerprint density at radius 2 is 1.82 bits per heavy atom. The van der Waals surface area contributed by atoms with E-state index in [4.69, 9.17) is 0 Å². The lowest BCUT2D eigenvalue weighted by Crippen LogP contribution is -2.45. The zero-order valence-corrected chi connectivity index (χ0v) is 13.7. The molecule has 1 saturated heterocycles. The van der Waals surface area contributed by atoms with Crippen molar-refractivity contribution in [3.8, 4) is 0 Å². The van der Waals surface area contributed by atoms with Gasteiger partial charge in [0.05, 0.1) is 0 Å². The van der Waals surface area contributed by atoms with Crippen LogP contribution in [0.5, 0.6) is 0 Å². The molecule has 1 atom stereocenters. The van der Waals surface area contributed by atoms with Gasteiger partial charge in [-0.25, -0.2) is 8.78 Å². The highest BCUT2D eigenvalue weighted by molar-refractivity contribution is 5.85. The van der Waals surface area contributed by atoms with E-state index in [1.807, 2.05) is 6.08 Å². The van der Waals surface area contributed by atoms with Crippen molar-refractivity contribution in [2.75, 3.05) is 26.2 Å². The van der Waals surface area contributed by atoms with Crippen molar-refractivity contribution >= 4 is 12.4 Å². The Hall–Kier alpha value is -0.970. The summed E-state index contributed by atoms with van der Waals surface area (Å²) >= 11 is 0. The topological polar surface area (TPSA) is 15.3 Å². The third kappa shape index (κ3) is 5.04. The number of hydrogen-bond acceptors (Lipinski definition) is 2. The minimum absolute atomic E-state index is 0. The number of unbranched alkanes of at least 4 members (excludes halogenated alkanes) is 2. The van der Waals surface area contributed by atoms with Crippen LogP contribution >= 0.6 is 12.4 Å². The van der Waals surface area contributed by atoms with Crippen LogP contribution in [0.15, 0.2) is 30.9 Å². The summed E-state index contributed by atoms with van der Waals surface area (Å²) < 4.78 is 28.3. The second-order valence-electron chi connectivity index (χ2n) is 5.51. The summed E-state index contributed by atoms with van der Waals surface area (Å²) in [6.45, 7) is 7.13.